The highest BCUT2D eigenvalue weighted by Gasteiger charge is 2.53. The van der Waals surface area contributed by atoms with E-state index in [1.807, 2.05) is 0 Å². The van der Waals surface area contributed by atoms with E-state index in [0.29, 0.717) is 0 Å². The lowest BCUT2D eigenvalue weighted by molar-refractivity contribution is 0.436. The Hall–Kier alpha value is -10.7. The van der Waals surface area contributed by atoms with Gasteiger partial charge in [-0.2, -0.15) is 0 Å². The van der Waals surface area contributed by atoms with Gasteiger partial charge >= 0.3 is 0 Å². The first-order valence-corrected chi connectivity index (χ1v) is 28.6. The molecule has 388 valence electrons. The van der Waals surface area contributed by atoms with E-state index in [0.717, 1.165) is 90.1 Å². The molecule has 0 bridgehead atoms. The summed E-state index contributed by atoms with van der Waals surface area (Å²) in [6.45, 7) is 0. The molecule has 0 saturated carbocycles. The van der Waals surface area contributed by atoms with Crippen LogP contribution < -0.4 is 14.4 Å². The number of anilines is 3. The molecule has 2 aliphatic carbocycles. The maximum atomic E-state index is 6.71. The van der Waals surface area contributed by atoms with Gasteiger partial charge in [-0.1, -0.05) is 249 Å². The summed E-state index contributed by atoms with van der Waals surface area (Å²) in [5, 5.41) is 0. The van der Waals surface area contributed by atoms with Crippen molar-refractivity contribution in [2.45, 2.75) is 10.8 Å². The minimum atomic E-state index is -0.574. The molecule has 0 atom stereocenters. The number of hydrogen-bond acceptors (Lipinski definition) is 3. The summed E-state index contributed by atoms with van der Waals surface area (Å²) in [7, 11) is 0. The number of para-hydroxylation sites is 5. The molecule has 2 heterocycles. The Morgan fingerprint density at radius 2 is 0.614 bits per heavy atom. The van der Waals surface area contributed by atoms with Crippen LogP contribution in [0.5, 0.6) is 23.0 Å². The first kappa shape index (κ1) is 47.1. The van der Waals surface area contributed by atoms with E-state index < -0.39 is 10.8 Å². The van der Waals surface area contributed by atoms with E-state index in [-0.39, 0.29) is 0 Å². The summed E-state index contributed by atoms with van der Waals surface area (Å²) in [5.41, 5.74) is 26.0. The molecule has 2 spiro atoms. The van der Waals surface area contributed by atoms with Crippen LogP contribution in [0.15, 0.2) is 309 Å². The Labute approximate surface area is 483 Å². The van der Waals surface area contributed by atoms with Crippen molar-refractivity contribution in [2.75, 3.05) is 4.90 Å². The van der Waals surface area contributed by atoms with Crippen LogP contribution in [0, 0.1) is 0 Å². The summed E-state index contributed by atoms with van der Waals surface area (Å²) in [5.74, 6) is 3.55. The van der Waals surface area contributed by atoms with Crippen molar-refractivity contribution < 1.29 is 9.47 Å². The fourth-order valence-corrected chi connectivity index (χ4v) is 14.6. The largest absolute Gasteiger partial charge is 0.457 e. The van der Waals surface area contributed by atoms with Gasteiger partial charge in [0.25, 0.3) is 0 Å². The number of benzene rings is 13. The third kappa shape index (κ3) is 6.86. The molecule has 3 heteroatoms. The molecule has 0 radical (unpaired) electrons. The van der Waals surface area contributed by atoms with Gasteiger partial charge in [-0.25, -0.2) is 0 Å². The van der Waals surface area contributed by atoms with E-state index >= 15 is 0 Å². The lowest BCUT2D eigenvalue weighted by Gasteiger charge is -2.39. The molecular formula is C80H51NO2. The quantitative estimate of drug-likeness (QED) is 0.159. The number of nitrogens with zero attached hydrogens (tertiary/aromatic N) is 1. The lowest BCUT2D eigenvalue weighted by Crippen LogP contribution is -2.32. The second-order valence-corrected chi connectivity index (χ2v) is 22.2. The maximum Gasteiger partial charge on any atom is 0.132 e. The molecule has 0 N–H and O–H groups in total. The number of rotatable bonds is 7. The minimum Gasteiger partial charge on any atom is -0.457 e. The van der Waals surface area contributed by atoms with Crippen LogP contribution in [-0.2, 0) is 10.8 Å². The summed E-state index contributed by atoms with van der Waals surface area (Å²) in [4.78, 5) is 2.44. The van der Waals surface area contributed by atoms with Crippen molar-refractivity contribution in [2.24, 2.45) is 0 Å². The maximum absolute atomic E-state index is 6.71. The minimum absolute atomic E-state index is 0.554. The Balaban J connectivity index is 0.827. The van der Waals surface area contributed by atoms with Gasteiger partial charge in [-0.05, 0) is 144 Å². The van der Waals surface area contributed by atoms with Crippen LogP contribution in [0.1, 0.15) is 44.5 Å². The predicted octanol–water partition coefficient (Wildman–Crippen LogP) is 20.8. The fourth-order valence-electron chi connectivity index (χ4n) is 14.6. The Morgan fingerprint density at radius 3 is 1.25 bits per heavy atom. The third-order valence-electron chi connectivity index (χ3n) is 18.0. The zero-order valence-electron chi connectivity index (χ0n) is 45.2. The van der Waals surface area contributed by atoms with Crippen LogP contribution in [0.2, 0.25) is 0 Å². The molecule has 13 aromatic carbocycles. The van der Waals surface area contributed by atoms with Gasteiger partial charge in [0.05, 0.1) is 16.5 Å². The van der Waals surface area contributed by atoms with Gasteiger partial charge in [0.2, 0.25) is 0 Å². The fraction of sp³-hybridized carbons (Fsp3) is 0.0250. The van der Waals surface area contributed by atoms with Crippen molar-refractivity contribution in [3.05, 3.63) is 354 Å². The zero-order chi connectivity index (χ0) is 54.6. The first-order valence-electron chi connectivity index (χ1n) is 28.6. The van der Waals surface area contributed by atoms with Crippen molar-refractivity contribution in [1.82, 2.24) is 0 Å². The highest BCUT2D eigenvalue weighted by Crippen LogP contribution is 2.65. The SMILES string of the molecule is c1ccc(-c2ccc(-c3ccccc3N(c3ccc(-c4cccc5c4-c4ccccc4C54c5ccccc5Oc5ccccc54)cc3)c3cccc(-c4ccc5c(c4)C4(c6ccccc6Oc6ccccc64)c4ccccc4-5)c3)cc2)cc1. The van der Waals surface area contributed by atoms with Crippen molar-refractivity contribution in [3.63, 3.8) is 0 Å². The van der Waals surface area contributed by atoms with Gasteiger partial charge in [-0.3, -0.25) is 0 Å². The monoisotopic (exact) mass is 1060 g/mol. The van der Waals surface area contributed by atoms with Crippen molar-refractivity contribution >= 4 is 17.1 Å². The zero-order valence-corrected chi connectivity index (χ0v) is 45.2. The van der Waals surface area contributed by atoms with Gasteiger partial charge in [-0.15, -0.1) is 0 Å². The van der Waals surface area contributed by atoms with Crippen molar-refractivity contribution in [1.29, 1.82) is 0 Å². The molecule has 0 unspecified atom stereocenters. The molecule has 0 amide bonds. The average molecular weight is 1060 g/mol. The normalized spacial score (nSPS) is 13.7. The van der Waals surface area contributed by atoms with E-state index in [1.165, 1.54) is 61.2 Å². The Bertz CT molecular complexity index is 4660. The predicted molar refractivity (Wildman–Crippen MR) is 338 cm³/mol. The van der Waals surface area contributed by atoms with Gasteiger partial charge in [0.1, 0.15) is 23.0 Å². The van der Waals surface area contributed by atoms with E-state index in [2.05, 4.69) is 314 Å². The second kappa shape index (κ2) is 18.4. The van der Waals surface area contributed by atoms with E-state index in [1.54, 1.807) is 0 Å². The molecule has 2 aliphatic heterocycles. The highest BCUT2D eigenvalue weighted by atomic mass is 16.5. The second-order valence-electron chi connectivity index (χ2n) is 22.2. The Kier molecular flexibility index (Phi) is 10.4. The van der Waals surface area contributed by atoms with E-state index in [4.69, 9.17) is 9.47 Å². The topological polar surface area (TPSA) is 21.7 Å². The van der Waals surface area contributed by atoms with E-state index in [9.17, 15) is 0 Å². The van der Waals surface area contributed by atoms with Gasteiger partial charge in [0, 0.05) is 39.2 Å². The summed E-state index contributed by atoms with van der Waals surface area (Å²) >= 11 is 0. The first-order chi connectivity index (χ1) is 41.2. The smallest absolute Gasteiger partial charge is 0.132 e. The third-order valence-corrected chi connectivity index (χ3v) is 18.0. The molecule has 83 heavy (non-hydrogen) atoms. The van der Waals surface area contributed by atoms with Crippen LogP contribution in [-0.4, -0.2) is 0 Å². The molecule has 4 aliphatic rings. The van der Waals surface area contributed by atoms with Crippen LogP contribution in [0.3, 0.4) is 0 Å². The van der Waals surface area contributed by atoms with Crippen LogP contribution in [0.25, 0.3) is 66.8 Å². The lowest BCUT2D eigenvalue weighted by atomic mass is 9.66. The molecule has 0 saturated heterocycles. The number of ether oxygens (including phenoxy) is 2. The molecule has 0 fully saturated rings. The Morgan fingerprint density at radius 1 is 0.217 bits per heavy atom. The molecule has 3 nitrogen and oxygen atoms in total. The summed E-state index contributed by atoms with van der Waals surface area (Å²) in [6.07, 6.45) is 0. The number of hydrogen-bond donors (Lipinski definition) is 0. The molecule has 17 rings (SSSR count). The summed E-state index contributed by atoms with van der Waals surface area (Å²) < 4.78 is 13.4. The molecule has 13 aromatic rings. The summed E-state index contributed by atoms with van der Waals surface area (Å²) in [6, 6.07) is 113. The van der Waals surface area contributed by atoms with Gasteiger partial charge in [0.15, 0.2) is 0 Å². The molecule has 0 aromatic heterocycles. The van der Waals surface area contributed by atoms with Crippen LogP contribution in [0.4, 0.5) is 17.1 Å². The van der Waals surface area contributed by atoms with Gasteiger partial charge < -0.3 is 14.4 Å². The van der Waals surface area contributed by atoms with Crippen LogP contribution >= 0.6 is 0 Å². The standard InChI is InChI=1S/C80H51NO2/c1-2-20-52(21-3-1)53-40-42-54(43-41-53)60-24-6-13-35-73(60)81(58-47-44-55(45-48-58)61-27-19-34-71-78(61)64-26-5-8-29-66(64)79(71)67-30-9-14-36-74(67)82-75-37-15-10-31-68(75)79)59-23-18-22-56(50-59)57-46-49-63-62-25-4-7-28-65(62)80(72(63)51-57)69-32-11-16-38-76(69)83-77-39-17-12-33-70(77)80/h1-51H. The van der Waals surface area contributed by atoms with Crippen molar-refractivity contribution in [3.8, 4) is 89.8 Å². The highest BCUT2D eigenvalue weighted by molar-refractivity contribution is 5.98. The molecular weight excluding hydrogens is 1010 g/mol. The number of fused-ring (bicyclic) bond motifs is 18. The average Bonchev–Trinajstić information content (AvgIpc) is 1.71.